The molecule has 2 aromatic heterocycles. The number of anilines is 2. The lowest BCUT2D eigenvalue weighted by Crippen LogP contribution is -2.62. The van der Waals surface area contributed by atoms with Crippen LogP contribution in [-0.2, 0) is 0 Å². The van der Waals surface area contributed by atoms with Gasteiger partial charge >= 0.3 is 0 Å². The van der Waals surface area contributed by atoms with Crippen molar-refractivity contribution in [1.82, 2.24) is 20.2 Å². The highest BCUT2D eigenvalue weighted by Gasteiger charge is 2.57. The third-order valence-corrected chi connectivity index (χ3v) is 6.92. The zero-order valence-electron chi connectivity index (χ0n) is 15.7. The quantitative estimate of drug-likeness (QED) is 0.559. The van der Waals surface area contributed by atoms with E-state index in [0.29, 0.717) is 11.8 Å². The number of aromatic amines is 1. The van der Waals surface area contributed by atoms with E-state index in [2.05, 4.69) is 25.5 Å². The van der Waals surface area contributed by atoms with Crippen LogP contribution in [0.15, 0.2) is 30.5 Å². The predicted octanol–water partition coefficient (Wildman–Crippen LogP) is 3.10. The summed E-state index contributed by atoms with van der Waals surface area (Å²) in [5.41, 5.74) is 8.11. The molecule has 2 heterocycles. The standard InChI is InChI=1S/C21H24N6O/c22-19-24-17-6-14(16-3-4-23-27-16)1-2-15(17)18(25-19)26-20-7-12-5-13(8-20)10-21(28,9-12)11-20/h1-4,6,12-13,28H,5,7-11H2,(H,23,27)(H3,22,24,25,26). The number of nitrogen functional groups attached to an aromatic ring is 1. The third-order valence-electron chi connectivity index (χ3n) is 6.92. The Labute approximate surface area is 162 Å². The Kier molecular flexibility index (Phi) is 3.17. The van der Waals surface area contributed by atoms with Gasteiger partial charge in [-0.25, -0.2) is 4.98 Å². The van der Waals surface area contributed by atoms with Gasteiger partial charge in [-0.3, -0.25) is 5.10 Å². The smallest absolute Gasteiger partial charge is 0.222 e. The SMILES string of the molecule is Nc1nc(NC23CC4CC(CC(O)(C4)C2)C3)c2ccc(-c3cc[nH]n3)cc2n1. The average molecular weight is 376 g/mol. The van der Waals surface area contributed by atoms with Gasteiger partial charge in [0.05, 0.1) is 16.8 Å². The Morgan fingerprint density at radius 1 is 1.11 bits per heavy atom. The summed E-state index contributed by atoms with van der Waals surface area (Å²) >= 11 is 0. The first-order valence-electron chi connectivity index (χ1n) is 10.1. The van der Waals surface area contributed by atoms with Crippen molar-refractivity contribution < 1.29 is 5.11 Å². The van der Waals surface area contributed by atoms with Crippen LogP contribution in [0, 0.1) is 11.8 Å². The molecule has 7 nitrogen and oxygen atoms in total. The summed E-state index contributed by atoms with van der Waals surface area (Å²) in [7, 11) is 0. The van der Waals surface area contributed by atoms with Gasteiger partial charge in [0.1, 0.15) is 5.82 Å². The second-order valence-corrected chi connectivity index (χ2v) is 9.21. The lowest BCUT2D eigenvalue weighted by molar-refractivity contribution is -0.127. The van der Waals surface area contributed by atoms with Crippen LogP contribution in [-0.4, -0.2) is 36.4 Å². The lowest BCUT2D eigenvalue weighted by atomic mass is 9.51. The topological polar surface area (TPSA) is 113 Å². The first-order valence-corrected chi connectivity index (χ1v) is 10.1. The molecule has 0 radical (unpaired) electrons. The Bertz CT molecular complexity index is 1050. The fourth-order valence-electron chi connectivity index (χ4n) is 6.43. The van der Waals surface area contributed by atoms with E-state index in [9.17, 15) is 5.11 Å². The minimum Gasteiger partial charge on any atom is -0.390 e. The number of rotatable bonds is 3. The van der Waals surface area contributed by atoms with Crippen molar-refractivity contribution in [2.75, 3.05) is 11.1 Å². The van der Waals surface area contributed by atoms with Crippen LogP contribution >= 0.6 is 0 Å². The van der Waals surface area contributed by atoms with Crippen LogP contribution < -0.4 is 11.1 Å². The largest absolute Gasteiger partial charge is 0.390 e. The summed E-state index contributed by atoms with van der Waals surface area (Å²) in [5.74, 6) is 2.25. The minimum atomic E-state index is -0.515. The number of hydrogen-bond acceptors (Lipinski definition) is 6. The fraction of sp³-hybridized carbons (Fsp3) is 0.476. The number of nitrogens with one attached hydrogen (secondary N) is 2. The van der Waals surface area contributed by atoms with Crippen LogP contribution in [0.5, 0.6) is 0 Å². The van der Waals surface area contributed by atoms with Gasteiger partial charge < -0.3 is 16.2 Å². The highest BCUT2D eigenvalue weighted by molar-refractivity contribution is 5.93. The molecule has 4 bridgehead atoms. The van der Waals surface area contributed by atoms with Gasteiger partial charge in [-0.15, -0.1) is 0 Å². The lowest BCUT2D eigenvalue weighted by Gasteiger charge is -2.60. The van der Waals surface area contributed by atoms with Crippen molar-refractivity contribution >= 4 is 22.7 Å². The molecule has 4 aliphatic carbocycles. The number of H-pyrrole nitrogens is 1. The molecule has 7 rings (SSSR count). The number of benzene rings is 1. The molecule has 0 spiro atoms. The first kappa shape index (κ1) is 16.3. The highest BCUT2D eigenvalue weighted by Crippen LogP contribution is 2.58. The second-order valence-electron chi connectivity index (χ2n) is 9.21. The molecule has 2 atom stereocenters. The zero-order valence-corrected chi connectivity index (χ0v) is 15.7. The van der Waals surface area contributed by atoms with E-state index in [1.54, 1.807) is 6.20 Å². The van der Waals surface area contributed by atoms with E-state index in [-0.39, 0.29) is 11.5 Å². The second kappa shape index (κ2) is 5.44. The minimum absolute atomic E-state index is 0.0899. The van der Waals surface area contributed by atoms with E-state index in [1.807, 2.05) is 24.3 Å². The van der Waals surface area contributed by atoms with Gasteiger partial charge in [0.2, 0.25) is 5.95 Å². The Morgan fingerprint density at radius 2 is 1.93 bits per heavy atom. The molecule has 2 unspecified atom stereocenters. The molecule has 0 amide bonds. The normalized spacial score (nSPS) is 33.5. The summed E-state index contributed by atoms with van der Waals surface area (Å²) in [4.78, 5) is 9.00. The van der Waals surface area contributed by atoms with Crippen molar-refractivity contribution in [2.24, 2.45) is 11.8 Å². The van der Waals surface area contributed by atoms with Gasteiger partial charge in [0, 0.05) is 22.7 Å². The molecule has 4 aliphatic rings. The fourth-order valence-corrected chi connectivity index (χ4v) is 6.43. The maximum atomic E-state index is 11.0. The summed E-state index contributed by atoms with van der Waals surface area (Å²) in [6.07, 6.45) is 7.96. The summed E-state index contributed by atoms with van der Waals surface area (Å²) in [6, 6.07) is 8.01. The van der Waals surface area contributed by atoms with E-state index < -0.39 is 5.60 Å². The molecule has 7 heteroatoms. The number of fused-ring (bicyclic) bond motifs is 1. The number of nitrogens with zero attached hydrogens (tertiary/aromatic N) is 3. The van der Waals surface area contributed by atoms with Gasteiger partial charge in [0.15, 0.2) is 0 Å². The Hall–Kier alpha value is -2.67. The van der Waals surface area contributed by atoms with Gasteiger partial charge in [-0.05, 0) is 68.6 Å². The highest BCUT2D eigenvalue weighted by atomic mass is 16.3. The van der Waals surface area contributed by atoms with Gasteiger partial charge in [-0.1, -0.05) is 6.07 Å². The molecule has 5 N–H and O–H groups in total. The van der Waals surface area contributed by atoms with Crippen molar-refractivity contribution in [3.63, 3.8) is 0 Å². The molecular weight excluding hydrogens is 352 g/mol. The molecular formula is C21H24N6O. The molecule has 0 aliphatic heterocycles. The van der Waals surface area contributed by atoms with Crippen LogP contribution in [0.4, 0.5) is 11.8 Å². The van der Waals surface area contributed by atoms with Crippen molar-refractivity contribution in [1.29, 1.82) is 0 Å². The van der Waals surface area contributed by atoms with E-state index in [1.165, 1.54) is 6.42 Å². The Morgan fingerprint density at radius 3 is 2.64 bits per heavy atom. The Balaban J connectivity index is 1.41. The summed E-state index contributed by atoms with van der Waals surface area (Å²) in [6.45, 7) is 0. The maximum absolute atomic E-state index is 11.0. The number of aliphatic hydroxyl groups is 1. The van der Waals surface area contributed by atoms with E-state index in [4.69, 9.17) is 5.73 Å². The average Bonchev–Trinajstić information content (AvgIpc) is 3.13. The van der Waals surface area contributed by atoms with Crippen LogP contribution in [0.2, 0.25) is 0 Å². The molecule has 3 aromatic rings. The third kappa shape index (κ3) is 2.49. The zero-order chi connectivity index (χ0) is 18.9. The van der Waals surface area contributed by atoms with Crippen molar-refractivity contribution in [2.45, 2.75) is 49.7 Å². The first-order chi connectivity index (χ1) is 13.5. The van der Waals surface area contributed by atoms with Crippen LogP contribution in [0.1, 0.15) is 38.5 Å². The summed E-state index contributed by atoms with van der Waals surface area (Å²) in [5, 5.41) is 22.8. The number of aromatic nitrogens is 4. The van der Waals surface area contributed by atoms with Crippen LogP contribution in [0.25, 0.3) is 22.2 Å². The van der Waals surface area contributed by atoms with E-state index in [0.717, 1.165) is 60.1 Å². The van der Waals surface area contributed by atoms with E-state index >= 15 is 0 Å². The predicted molar refractivity (Wildman–Crippen MR) is 108 cm³/mol. The monoisotopic (exact) mass is 376 g/mol. The molecule has 28 heavy (non-hydrogen) atoms. The molecule has 0 saturated heterocycles. The van der Waals surface area contributed by atoms with Gasteiger partial charge in [0.25, 0.3) is 0 Å². The molecule has 4 saturated carbocycles. The van der Waals surface area contributed by atoms with Gasteiger partial charge in [-0.2, -0.15) is 10.1 Å². The van der Waals surface area contributed by atoms with Crippen molar-refractivity contribution in [3.8, 4) is 11.3 Å². The number of hydrogen-bond donors (Lipinski definition) is 4. The molecule has 144 valence electrons. The molecule has 1 aromatic carbocycles. The maximum Gasteiger partial charge on any atom is 0.222 e. The van der Waals surface area contributed by atoms with Crippen molar-refractivity contribution in [3.05, 3.63) is 30.5 Å². The van der Waals surface area contributed by atoms with Crippen LogP contribution in [0.3, 0.4) is 0 Å². The molecule has 4 fully saturated rings. The number of nitrogens with two attached hydrogens (primary N) is 1. The summed E-state index contributed by atoms with van der Waals surface area (Å²) < 4.78 is 0.